The van der Waals surface area contributed by atoms with Gasteiger partial charge in [-0.25, -0.2) is 4.79 Å². The van der Waals surface area contributed by atoms with Crippen LogP contribution in [0, 0.1) is 0 Å². The molecule has 0 atom stereocenters. The molecule has 0 radical (unpaired) electrons. The molecule has 0 aliphatic rings. The van der Waals surface area contributed by atoms with Crippen molar-refractivity contribution in [2.45, 2.75) is 13.3 Å². The molecule has 5 nitrogen and oxygen atoms in total. The Balaban J connectivity index is 2.67. The largest absolute Gasteiger partial charge is 0.508 e. The molecule has 18 heavy (non-hydrogen) atoms. The molecule has 0 aromatic heterocycles. The van der Waals surface area contributed by atoms with E-state index in [1.54, 1.807) is 6.92 Å². The summed E-state index contributed by atoms with van der Waals surface area (Å²) in [5.74, 6) is -1.30. The number of carbonyl (C=O) groups excluding carboxylic acids is 1. The molecule has 1 rings (SSSR count). The number of carboxylic acid groups (broad SMARTS) is 1. The number of amides is 1. The van der Waals surface area contributed by atoms with E-state index in [9.17, 15) is 14.7 Å². The van der Waals surface area contributed by atoms with Crippen LogP contribution in [0.4, 0.5) is 0 Å². The van der Waals surface area contributed by atoms with Crippen LogP contribution in [-0.2, 0) is 11.2 Å². The molecular formula is C13H15NO4. The Hall–Kier alpha value is -2.30. The summed E-state index contributed by atoms with van der Waals surface area (Å²) in [5.41, 5.74) is 0.990. The molecule has 1 aromatic rings. The second kappa shape index (κ2) is 5.86. The molecule has 0 saturated carbocycles. The highest BCUT2D eigenvalue weighted by Gasteiger charge is 2.08. The standard InChI is InChI=1S/C13H15NO4/c1-8(2)12(16)14-6-5-9-7-10(13(17)18)3-4-11(9)15/h3-4,7,15H,1,5-6H2,2H3,(H,14,16)(H,17,18). The van der Waals surface area contributed by atoms with Gasteiger partial charge in [0.1, 0.15) is 5.75 Å². The number of aromatic carboxylic acids is 1. The number of aromatic hydroxyl groups is 1. The van der Waals surface area contributed by atoms with Crippen LogP contribution in [0.2, 0.25) is 0 Å². The van der Waals surface area contributed by atoms with E-state index in [-0.39, 0.29) is 17.2 Å². The van der Waals surface area contributed by atoms with Gasteiger partial charge >= 0.3 is 5.97 Å². The molecule has 96 valence electrons. The van der Waals surface area contributed by atoms with Gasteiger partial charge in [-0.2, -0.15) is 0 Å². The molecule has 1 amide bonds. The van der Waals surface area contributed by atoms with Gasteiger partial charge in [0.2, 0.25) is 5.91 Å². The minimum atomic E-state index is -1.05. The number of carbonyl (C=O) groups is 2. The normalized spacial score (nSPS) is 9.83. The number of hydrogen-bond donors (Lipinski definition) is 3. The summed E-state index contributed by atoms with van der Waals surface area (Å²) in [7, 11) is 0. The van der Waals surface area contributed by atoms with Crippen LogP contribution in [0.3, 0.4) is 0 Å². The Morgan fingerprint density at radius 2 is 2.06 bits per heavy atom. The van der Waals surface area contributed by atoms with E-state index in [2.05, 4.69) is 11.9 Å². The maximum Gasteiger partial charge on any atom is 0.335 e. The lowest BCUT2D eigenvalue weighted by Gasteiger charge is -2.07. The third-order valence-electron chi connectivity index (χ3n) is 2.39. The first-order valence-electron chi connectivity index (χ1n) is 5.40. The lowest BCUT2D eigenvalue weighted by molar-refractivity contribution is -0.117. The smallest absolute Gasteiger partial charge is 0.335 e. The average molecular weight is 249 g/mol. The molecule has 3 N–H and O–H groups in total. The highest BCUT2D eigenvalue weighted by Crippen LogP contribution is 2.18. The number of hydrogen-bond acceptors (Lipinski definition) is 3. The Morgan fingerprint density at radius 3 is 2.61 bits per heavy atom. The molecular weight excluding hydrogens is 234 g/mol. The predicted molar refractivity (Wildman–Crippen MR) is 66.6 cm³/mol. The third-order valence-corrected chi connectivity index (χ3v) is 2.39. The summed E-state index contributed by atoms with van der Waals surface area (Å²) in [6.45, 7) is 5.40. The second-order valence-corrected chi connectivity index (χ2v) is 3.93. The van der Waals surface area contributed by atoms with Crippen molar-refractivity contribution in [2.75, 3.05) is 6.54 Å². The second-order valence-electron chi connectivity index (χ2n) is 3.93. The van der Waals surface area contributed by atoms with Gasteiger partial charge in [-0.1, -0.05) is 6.58 Å². The van der Waals surface area contributed by atoms with Crippen LogP contribution in [0.5, 0.6) is 5.75 Å². The zero-order chi connectivity index (χ0) is 13.7. The van der Waals surface area contributed by atoms with Crippen molar-refractivity contribution < 1.29 is 19.8 Å². The first-order valence-corrected chi connectivity index (χ1v) is 5.40. The Kier molecular flexibility index (Phi) is 4.48. The number of benzene rings is 1. The summed E-state index contributed by atoms with van der Waals surface area (Å²) in [4.78, 5) is 22.0. The highest BCUT2D eigenvalue weighted by atomic mass is 16.4. The van der Waals surface area contributed by atoms with Crippen LogP contribution in [-0.4, -0.2) is 28.6 Å². The lowest BCUT2D eigenvalue weighted by atomic mass is 10.1. The zero-order valence-electron chi connectivity index (χ0n) is 10.1. The van der Waals surface area contributed by atoms with E-state index >= 15 is 0 Å². The molecule has 0 aliphatic carbocycles. The summed E-state index contributed by atoms with van der Waals surface area (Å²) >= 11 is 0. The molecule has 0 spiro atoms. The van der Waals surface area contributed by atoms with Gasteiger partial charge in [0.15, 0.2) is 0 Å². The molecule has 1 aromatic carbocycles. The van der Waals surface area contributed by atoms with E-state index < -0.39 is 5.97 Å². The Bertz CT molecular complexity index is 494. The van der Waals surface area contributed by atoms with Crippen LogP contribution >= 0.6 is 0 Å². The molecule has 0 fully saturated rings. The Labute approximate surface area is 105 Å². The number of rotatable bonds is 5. The van der Waals surface area contributed by atoms with Crippen LogP contribution < -0.4 is 5.32 Å². The van der Waals surface area contributed by atoms with Crippen molar-refractivity contribution in [3.63, 3.8) is 0 Å². The van der Waals surface area contributed by atoms with Crippen molar-refractivity contribution in [3.8, 4) is 5.75 Å². The van der Waals surface area contributed by atoms with Gasteiger partial charge in [0.25, 0.3) is 0 Å². The zero-order valence-corrected chi connectivity index (χ0v) is 10.1. The van der Waals surface area contributed by atoms with Crippen LogP contribution in [0.1, 0.15) is 22.8 Å². The SMILES string of the molecule is C=C(C)C(=O)NCCc1cc(C(=O)O)ccc1O. The van der Waals surface area contributed by atoms with Crippen molar-refractivity contribution in [1.82, 2.24) is 5.32 Å². The fourth-order valence-electron chi connectivity index (χ4n) is 1.38. The number of phenols is 1. The van der Waals surface area contributed by atoms with Crippen molar-refractivity contribution >= 4 is 11.9 Å². The van der Waals surface area contributed by atoms with Crippen LogP contribution in [0.25, 0.3) is 0 Å². The molecule has 5 heteroatoms. The predicted octanol–water partition coefficient (Wildman–Crippen LogP) is 1.33. The van der Waals surface area contributed by atoms with E-state index in [1.807, 2.05) is 0 Å². The number of carboxylic acids is 1. The lowest BCUT2D eigenvalue weighted by Crippen LogP contribution is -2.25. The molecule has 0 saturated heterocycles. The van der Waals surface area contributed by atoms with Gasteiger partial charge in [-0.05, 0) is 37.1 Å². The molecule has 0 unspecified atom stereocenters. The van der Waals surface area contributed by atoms with Crippen molar-refractivity contribution in [2.24, 2.45) is 0 Å². The summed E-state index contributed by atoms with van der Waals surface area (Å²) in [5, 5.41) is 21.0. The van der Waals surface area contributed by atoms with Gasteiger partial charge < -0.3 is 15.5 Å². The fraction of sp³-hybridized carbons (Fsp3) is 0.231. The van der Waals surface area contributed by atoms with E-state index in [4.69, 9.17) is 5.11 Å². The van der Waals surface area contributed by atoms with Gasteiger partial charge in [-0.3, -0.25) is 4.79 Å². The van der Waals surface area contributed by atoms with Gasteiger partial charge in [0, 0.05) is 12.1 Å². The molecule has 0 heterocycles. The van der Waals surface area contributed by atoms with Crippen molar-refractivity contribution in [3.05, 3.63) is 41.5 Å². The van der Waals surface area contributed by atoms with E-state index in [0.29, 0.717) is 24.1 Å². The van der Waals surface area contributed by atoms with E-state index in [0.717, 1.165) is 0 Å². The highest BCUT2D eigenvalue weighted by molar-refractivity contribution is 5.92. The minimum Gasteiger partial charge on any atom is -0.508 e. The quantitative estimate of drug-likeness (QED) is 0.687. The molecule has 0 aliphatic heterocycles. The summed E-state index contributed by atoms with van der Waals surface area (Å²) in [6, 6.07) is 4.05. The monoisotopic (exact) mass is 249 g/mol. The summed E-state index contributed by atoms with van der Waals surface area (Å²) < 4.78 is 0. The first-order chi connectivity index (χ1) is 8.41. The minimum absolute atomic E-state index is 0.0181. The fourth-order valence-corrected chi connectivity index (χ4v) is 1.38. The molecule has 0 bridgehead atoms. The maximum atomic E-state index is 11.2. The summed E-state index contributed by atoms with van der Waals surface area (Å²) in [6.07, 6.45) is 0.353. The first kappa shape index (κ1) is 13.8. The Morgan fingerprint density at radius 1 is 1.39 bits per heavy atom. The van der Waals surface area contributed by atoms with Gasteiger partial charge in [-0.15, -0.1) is 0 Å². The topological polar surface area (TPSA) is 86.6 Å². The van der Waals surface area contributed by atoms with E-state index in [1.165, 1.54) is 18.2 Å². The maximum absolute atomic E-state index is 11.2. The third kappa shape index (κ3) is 3.62. The number of phenolic OH excluding ortho intramolecular Hbond substituents is 1. The van der Waals surface area contributed by atoms with Gasteiger partial charge in [0.05, 0.1) is 5.56 Å². The van der Waals surface area contributed by atoms with Crippen molar-refractivity contribution in [1.29, 1.82) is 0 Å². The number of nitrogens with one attached hydrogen (secondary N) is 1. The average Bonchev–Trinajstić information content (AvgIpc) is 2.30. The van der Waals surface area contributed by atoms with Crippen LogP contribution in [0.15, 0.2) is 30.4 Å².